The van der Waals surface area contributed by atoms with Gasteiger partial charge in [-0.2, -0.15) is 0 Å². The highest BCUT2D eigenvalue weighted by molar-refractivity contribution is 5.61. The lowest BCUT2D eigenvalue weighted by atomic mass is 9.33. The number of hydrogen-bond acceptors (Lipinski definition) is 3. The Morgan fingerprint density at radius 2 is 1.52 bits per heavy atom. The van der Waals surface area contributed by atoms with E-state index >= 15 is 0 Å². The maximum Gasteiger partial charge on any atom is 0.128 e. The van der Waals surface area contributed by atoms with Crippen molar-refractivity contribution in [2.75, 3.05) is 0 Å². The predicted octanol–water partition coefficient (Wildman–Crippen LogP) is 6.32. The van der Waals surface area contributed by atoms with E-state index in [0.717, 1.165) is 57.7 Å². The summed E-state index contributed by atoms with van der Waals surface area (Å²) < 4.78 is 0. The summed E-state index contributed by atoms with van der Waals surface area (Å²) in [6, 6.07) is 0. The van der Waals surface area contributed by atoms with Crippen LogP contribution >= 0.6 is 0 Å². The molecule has 5 aliphatic rings. The summed E-state index contributed by atoms with van der Waals surface area (Å²) in [5, 5.41) is 22.1. The Morgan fingerprint density at radius 1 is 0.818 bits per heavy atom. The molecule has 0 radical (unpaired) electrons. The number of rotatable bonds is 1. The van der Waals surface area contributed by atoms with Crippen molar-refractivity contribution < 1.29 is 15.0 Å². The molecule has 3 nitrogen and oxygen atoms in total. The van der Waals surface area contributed by atoms with Crippen LogP contribution in [-0.4, -0.2) is 28.7 Å². The first-order valence-electron chi connectivity index (χ1n) is 13.7. The van der Waals surface area contributed by atoms with Gasteiger partial charge in [0.1, 0.15) is 6.29 Å². The molecule has 2 N–H and O–H groups in total. The molecular formula is C30H48O3. The summed E-state index contributed by atoms with van der Waals surface area (Å²) >= 11 is 0. The molecule has 0 aromatic rings. The number of hydrogen-bond donors (Lipinski definition) is 2. The molecule has 4 fully saturated rings. The number of aliphatic hydroxyl groups excluding tert-OH is 2. The van der Waals surface area contributed by atoms with Gasteiger partial charge >= 0.3 is 0 Å². The molecule has 0 aromatic carbocycles. The number of fused-ring (bicyclic) bond motifs is 7. The van der Waals surface area contributed by atoms with Crippen LogP contribution in [0.4, 0.5) is 0 Å². The topological polar surface area (TPSA) is 57.5 Å². The second-order valence-electron chi connectivity index (χ2n) is 15.0. The summed E-state index contributed by atoms with van der Waals surface area (Å²) in [5.74, 6) is 1.26. The fourth-order valence-electron chi connectivity index (χ4n) is 10.6. The maximum absolute atomic E-state index is 12.3. The number of aliphatic hydroxyl groups is 2. The second kappa shape index (κ2) is 6.96. The summed E-state index contributed by atoms with van der Waals surface area (Å²) in [7, 11) is 0. The third-order valence-corrected chi connectivity index (χ3v) is 13.1. The summed E-state index contributed by atoms with van der Waals surface area (Å²) in [4.78, 5) is 12.3. The van der Waals surface area contributed by atoms with Crippen LogP contribution in [0.3, 0.4) is 0 Å². The second-order valence-corrected chi connectivity index (χ2v) is 15.0. The van der Waals surface area contributed by atoms with Crippen LogP contribution in [0.5, 0.6) is 0 Å². The normalized spacial score (nSPS) is 57.6. The van der Waals surface area contributed by atoms with E-state index in [9.17, 15) is 15.0 Å². The Bertz CT molecular complexity index is 876. The zero-order valence-electron chi connectivity index (χ0n) is 22.2. The quantitative estimate of drug-likeness (QED) is 0.359. The van der Waals surface area contributed by atoms with Gasteiger partial charge in [-0.25, -0.2) is 0 Å². The van der Waals surface area contributed by atoms with Crippen LogP contribution in [0.2, 0.25) is 0 Å². The number of allylic oxidation sites excluding steroid dienone is 2. The van der Waals surface area contributed by atoms with Crippen molar-refractivity contribution >= 4 is 6.29 Å². The van der Waals surface area contributed by atoms with Crippen LogP contribution in [0.15, 0.2) is 11.6 Å². The Balaban J connectivity index is 1.59. The predicted molar refractivity (Wildman–Crippen MR) is 132 cm³/mol. The highest BCUT2D eigenvalue weighted by Gasteiger charge is 2.69. The van der Waals surface area contributed by atoms with E-state index in [2.05, 4.69) is 47.6 Å². The molecule has 0 aliphatic heterocycles. The van der Waals surface area contributed by atoms with Crippen molar-refractivity contribution in [1.29, 1.82) is 0 Å². The Labute approximate surface area is 201 Å². The van der Waals surface area contributed by atoms with E-state index in [4.69, 9.17) is 0 Å². The molecule has 0 spiro atoms. The molecule has 4 saturated carbocycles. The van der Waals surface area contributed by atoms with Gasteiger partial charge in [0, 0.05) is 5.41 Å². The van der Waals surface area contributed by atoms with Gasteiger partial charge in [-0.05, 0) is 97.2 Å². The highest BCUT2D eigenvalue weighted by atomic mass is 16.3. The molecule has 186 valence electrons. The van der Waals surface area contributed by atoms with Crippen molar-refractivity contribution in [1.82, 2.24) is 0 Å². The van der Waals surface area contributed by atoms with E-state index in [0.29, 0.717) is 11.8 Å². The van der Waals surface area contributed by atoms with E-state index < -0.39 is 11.5 Å². The molecule has 0 aromatic heterocycles. The van der Waals surface area contributed by atoms with Gasteiger partial charge in [0.2, 0.25) is 0 Å². The largest absolute Gasteiger partial charge is 0.393 e. The maximum atomic E-state index is 12.3. The fraction of sp³-hybridized carbons (Fsp3) is 0.900. The van der Waals surface area contributed by atoms with Crippen molar-refractivity contribution in [2.24, 2.45) is 50.2 Å². The average molecular weight is 457 g/mol. The average Bonchev–Trinajstić information content (AvgIpc) is 2.73. The van der Waals surface area contributed by atoms with Gasteiger partial charge < -0.3 is 15.0 Å². The van der Waals surface area contributed by atoms with Crippen LogP contribution in [-0.2, 0) is 4.79 Å². The highest BCUT2D eigenvalue weighted by Crippen LogP contribution is 2.75. The SMILES string of the molecule is CC1(C)C[C@@H](O)[C@]2(C)CC[C@]3(C)C(=CC[C@@H]4[C@@]5(C)CC[C@H](O)[C@](C)(C=O)C5CC[C@]43C)[C@@H]2C1. The molecular weight excluding hydrogens is 408 g/mol. The van der Waals surface area contributed by atoms with Gasteiger partial charge in [0.25, 0.3) is 0 Å². The third kappa shape index (κ3) is 2.85. The third-order valence-electron chi connectivity index (χ3n) is 13.1. The summed E-state index contributed by atoms with van der Waals surface area (Å²) in [5.41, 5.74) is 1.63. The smallest absolute Gasteiger partial charge is 0.128 e. The van der Waals surface area contributed by atoms with Crippen molar-refractivity contribution in [3.05, 3.63) is 11.6 Å². The standard InChI is InChI=1S/C30H48O3/c1-25(2)16-20-19-8-9-22-27(4)12-11-23(32)28(5,18-31)21(27)10-13-30(22,7)29(19,6)15-14-26(20,3)24(33)17-25/h8,18,20-24,32-33H,9-17H2,1-7H3/t20-,21?,22+,23-,24+,26+,27-,28+,29+,30+/m0/s1. The van der Waals surface area contributed by atoms with Gasteiger partial charge in [-0.1, -0.05) is 60.1 Å². The fourth-order valence-corrected chi connectivity index (χ4v) is 10.6. The molecule has 0 heterocycles. The van der Waals surface area contributed by atoms with Gasteiger partial charge in [-0.3, -0.25) is 0 Å². The van der Waals surface area contributed by atoms with Crippen molar-refractivity contribution in [2.45, 2.75) is 118 Å². The molecule has 5 aliphatic carbocycles. The lowest BCUT2D eigenvalue weighted by molar-refractivity contribution is -0.206. The Morgan fingerprint density at radius 3 is 2.18 bits per heavy atom. The molecule has 33 heavy (non-hydrogen) atoms. The molecule has 10 atom stereocenters. The van der Waals surface area contributed by atoms with Crippen LogP contribution in [0.25, 0.3) is 0 Å². The molecule has 1 unspecified atom stereocenters. The number of carbonyl (C=O) groups excluding carboxylic acids is 1. The van der Waals surface area contributed by atoms with Crippen LogP contribution in [0, 0.1) is 50.2 Å². The number of carbonyl (C=O) groups is 1. The zero-order chi connectivity index (χ0) is 24.2. The molecule has 3 heteroatoms. The molecule has 5 rings (SSSR count). The molecule has 0 bridgehead atoms. The van der Waals surface area contributed by atoms with E-state index in [1.54, 1.807) is 5.57 Å². The summed E-state index contributed by atoms with van der Waals surface area (Å²) in [6.45, 7) is 16.7. The first-order valence-corrected chi connectivity index (χ1v) is 13.7. The van der Waals surface area contributed by atoms with Crippen molar-refractivity contribution in [3.63, 3.8) is 0 Å². The van der Waals surface area contributed by atoms with Gasteiger partial charge in [-0.15, -0.1) is 0 Å². The van der Waals surface area contributed by atoms with E-state index in [1.165, 1.54) is 6.42 Å². The van der Waals surface area contributed by atoms with Crippen LogP contribution < -0.4 is 0 Å². The van der Waals surface area contributed by atoms with Gasteiger partial charge in [0.15, 0.2) is 0 Å². The zero-order valence-corrected chi connectivity index (χ0v) is 22.2. The first kappa shape index (κ1) is 24.0. The minimum atomic E-state index is -0.623. The lowest BCUT2D eigenvalue weighted by Gasteiger charge is -2.71. The lowest BCUT2D eigenvalue weighted by Crippen LogP contribution is -2.65. The monoisotopic (exact) mass is 456 g/mol. The first-order chi connectivity index (χ1) is 15.2. The van der Waals surface area contributed by atoms with E-state index in [-0.39, 0.29) is 39.1 Å². The summed E-state index contributed by atoms with van der Waals surface area (Å²) in [6.07, 6.45) is 12.3. The minimum absolute atomic E-state index is 0.00377. The molecule has 0 saturated heterocycles. The van der Waals surface area contributed by atoms with Crippen molar-refractivity contribution in [3.8, 4) is 0 Å². The molecule has 0 amide bonds. The van der Waals surface area contributed by atoms with E-state index in [1.807, 2.05) is 6.92 Å². The Kier molecular flexibility index (Phi) is 5.07. The minimum Gasteiger partial charge on any atom is -0.393 e. The van der Waals surface area contributed by atoms with Crippen LogP contribution in [0.1, 0.15) is 106 Å². The van der Waals surface area contributed by atoms with Gasteiger partial charge in [0.05, 0.1) is 17.6 Å². The number of aldehydes is 1. The Hall–Kier alpha value is -0.670.